The summed E-state index contributed by atoms with van der Waals surface area (Å²) in [6.45, 7) is 0. The molecule has 11 nitrogen and oxygen atoms in total. The van der Waals surface area contributed by atoms with E-state index in [0.717, 1.165) is 0 Å². The molecule has 6 rings (SSSR count). The number of rotatable bonds is 6. The Hall–Kier alpha value is -3.06. The average molecular weight is 483 g/mol. The molecule has 2 saturated heterocycles. The number of H-pyrrole nitrogens is 1. The monoisotopic (exact) mass is 482 g/mol. The van der Waals surface area contributed by atoms with Crippen molar-refractivity contribution >= 4 is 40.3 Å². The van der Waals surface area contributed by atoms with Gasteiger partial charge in [-0.1, -0.05) is 42.1 Å². The van der Waals surface area contributed by atoms with Crippen LogP contribution in [0.15, 0.2) is 46.4 Å². The Labute approximate surface area is 197 Å². The van der Waals surface area contributed by atoms with Gasteiger partial charge in [-0.05, 0) is 0 Å². The minimum atomic E-state index is -1.25. The highest BCUT2D eigenvalue weighted by atomic mass is 32.2. The van der Waals surface area contributed by atoms with Crippen LogP contribution in [0.5, 0.6) is 0 Å². The average Bonchev–Trinajstić information content (AvgIpc) is 3.27. The summed E-state index contributed by atoms with van der Waals surface area (Å²) >= 11 is 1.17. The van der Waals surface area contributed by atoms with Gasteiger partial charge >= 0.3 is 0 Å². The summed E-state index contributed by atoms with van der Waals surface area (Å²) < 4.78 is 13.9. The highest BCUT2D eigenvalue weighted by molar-refractivity contribution is 8.14. The van der Waals surface area contributed by atoms with Crippen LogP contribution in [0.1, 0.15) is 23.0 Å². The fraction of sp³-hybridized carbons (Fsp3) is 0.409. The van der Waals surface area contributed by atoms with Gasteiger partial charge in [0.25, 0.3) is 5.56 Å². The van der Waals surface area contributed by atoms with Gasteiger partial charge in [0, 0.05) is 31.8 Å². The summed E-state index contributed by atoms with van der Waals surface area (Å²) in [5.41, 5.74) is -0.0574. The van der Waals surface area contributed by atoms with E-state index in [4.69, 9.17) is 9.47 Å². The van der Waals surface area contributed by atoms with Crippen molar-refractivity contribution in [2.45, 2.75) is 30.1 Å². The largest absolute Gasteiger partial charge is 0.369 e. The van der Waals surface area contributed by atoms with Crippen molar-refractivity contribution < 1.29 is 19.4 Å². The fourth-order valence-electron chi connectivity index (χ4n) is 5.04. The SMILES string of the molecule is CN(C)/C=N\c1nc2c(ncn2[C@@H]2O[C@@]3(CSC(=O)c4ccccc4)CC4(O)OC2C43)c(=O)[nH]1. The lowest BCUT2D eigenvalue weighted by Crippen LogP contribution is -2.77. The number of hydrogen-bond acceptors (Lipinski definition) is 9. The maximum Gasteiger partial charge on any atom is 0.280 e. The zero-order valence-corrected chi connectivity index (χ0v) is 19.2. The molecule has 3 fully saturated rings. The van der Waals surface area contributed by atoms with Crippen molar-refractivity contribution in [1.82, 2.24) is 24.4 Å². The summed E-state index contributed by atoms with van der Waals surface area (Å²) in [5.74, 6) is -1.02. The third-order valence-corrected chi connectivity index (χ3v) is 7.60. The predicted octanol–water partition coefficient (Wildman–Crippen LogP) is 1.29. The minimum absolute atomic E-state index is 0.0565. The predicted molar refractivity (Wildman–Crippen MR) is 124 cm³/mol. The van der Waals surface area contributed by atoms with Crippen LogP contribution >= 0.6 is 11.8 Å². The van der Waals surface area contributed by atoms with Crippen molar-refractivity contribution in [3.8, 4) is 0 Å². The molecule has 1 saturated carbocycles. The Balaban J connectivity index is 1.29. The molecule has 0 bridgehead atoms. The van der Waals surface area contributed by atoms with E-state index in [1.54, 1.807) is 21.6 Å². The van der Waals surface area contributed by atoms with E-state index in [1.807, 2.05) is 32.3 Å². The molecule has 1 aromatic carbocycles. The number of fused-ring (bicyclic) bond motifs is 1. The van der Waals surface area contributed by atoms with E-state index in [1.165, 1.54) is 24.4 Å². The fourth-order valence-corrected chi connectivity index (χ4v) is 6.07. The van der Waals surface area contributed by atoms with Crippen LogP contribution in [0.25, 0.3) is 11.2 Å². The molecule has 3 aliphatic rings. The van der Waals surface area contributed by atoms with E-state index in [-0.39, 0.29) is 28.9 Å². The number of thioether (sulfide) groups is 1. The lowest BCUT2D eigenvalue weighted by atomic mass is 9.60. The number of nitrogens with zero attached hydrogens (tertiary/aromatic N) is 5. The smallest absolute Gasteiger partial charge is 0.280 e. The quantitative estimate of drug-likeness (QED) is 0.393. The third-order valence-electron chi connectivity index (χ3n) is 6.47. The summed E-state index contributed by atoms with van der Waals surface area (Å²) in [6, 6.07) is 9.05. The molecule has 176 valence electrons. The molecule has 1 aliphatic carbocycles. The molecule has 3 unspecified atom stereocenters. The van der Waals surface area contributed by atoms with Gasteiger partial charge in [-0.2, -0.15) is 4.98 Å². The van der Waals surface area contributed by atoms with Crippen molar-refractivity contribution in [3.63, 3.8) is 0 Å². The number of nitrogens with one attached hydrogen (secondary N) is 1. The molecule has 0 amide bonds. The van der Waals surface area contributed by atoms with E-state index >= 15 is 0 Å². The zero-order valence-electron chi connectivity index (χ0n) is 18.4. The first-order valence-corrected chi connectivity index (χ1v) is 11.8. The number of carbonyl (C=O) groups is 1. The molecule has 3 aromatic rings. The van der Waals surface area contributed by atoms with Crippen LogP contribution in [-0.4, -0.2) is 78.3 Å². The lowest BCUT2D eigenvalue weighted by molar-refractivity contribution is -0.427. The second-order valence-corrected chi connectivity index (χ2v) is 9.97. The van der Waals surface area contributed by atoms with Crippen molar-refractivity contribution in [3.05, 3.63) is 52.6 Å². The van der Waals surface area contributed by atoms with Crippen molar-refractivity contribution in [2.24, 2.45) is 10.9 Å². The summed E-state index contributed by atoms with van der Waals surface area (Å²) in [5, 5.41) is 10.7. The second kappa shape index (κ2) is 7.47. The molecule has 2 aliphatic heterocycles. The maximum atomic E-state index is 12.6. The Morgan fingerprint density at radius 1 is 1.38 bits per heavy atom. The van der Waals surface area contributed by atoms with Gasteiger partial charge in [-0.3, -0.25) is 19.1 Å². The molecular formula is C22H22N6O5S. The van der Waals surface area contributed by atoms with Crippen LogP contribution in [-0.2, 0) is 9.47 Å². The number of aromatic nitrogens is 4. The number of imidazole rings is 1. The first-order valence-electron chi connectivity index (χ1n) is 10.8. The standard InChI is InChI=1S/C22H22N6O5S/c1-27(2)10-24-20-25-16-13(17(29)26-20)23-11-28(16)18-14-15-21(33-18,8-22(15,31)32-14)9-34-19(30)12-6-4-3-5-7-12/h3-7,10-11,14-15,18,31H,8-9H2,1-2H3,(H,25,26,29)/b24-10-/t14?,15?,18-,21-,22?/m1/s1. The molecular weight excluding hydrogens is 460 g/mol. The van der Waals surface area contributed by atoms with E-state index in [0.29, 0.717) is 17.0 Å². The lowest BCUT2D eigenvalue weighted by Gasteiger charge is -2.62. The molecule has 5 atom stereocenters. The number of aliphatic hydroxyl groups is 1. The van der Waals surface area contributed by atoms with Crippen LogP contribution in [0.4, 0.5) is 5.95 Å². The zero-order chi connectivity index (χ0) is 23.7. The number of carbonyl (C=O) groups excluding carboxylic acids is 1. The van der Waals surface area contributed by atoms with Gasteiger partial charge in [-0.25, -0.2) is 9.98 Å². The van der Waals surface area contributed by atoms with Crippen molar-refractivity contribution in [2.75, 3.05) is 19.8 Å². The molecule has 12 heteroatoms. The van der Waals surface area contributed by atoms with Crippen LogP contribution in [0.3, 0.4) is 0 Å². The molecule has 4 heterocycles. The first-order chi connectivity index (χ1) is 16.3. The Morgan fingerprint density at radius 3 is 2.91 bits per heavy atom. The number of hydrogen-bond donors (Lipinski definition) is 2. The van der Waals surface area contributed by atoms with Gasteiger partial charge < -0.3 is 19.5 Å². The first kappa shape index (κ1) is 21.5. The summed E-state index contributed by atoms with van der Waals surface area (Å²) in [6.07, 6.45) is 2.19. The number of aromatic amines is 1. The van der Waals surface area contributed by atoms with Gasteiger partial charge in [0.15, 0.2) is 23.2 Å². The molecule has 2 aromatic heterocycles. The minimum Gasteiger partial charge on any atom is -0.369 e. The third kappa shape index (κ3) is 3.13. The number of ether oxygens (including phenoxy) is 2. The summed E-state index contributed by atoms with van der Waals surface area (Å²) in [7, 11) is 3.61. The Kier molecular flexibility index (Phi) is 4.72. The van der Waals surface area contributed by atoms with Gasteiger partial charge in [-0.15, -0.1) is 0 Å². The van der Waals surface area contributed by atoms with Crippen LogP contribution in [0.2, 0.25) is 0 Å². The van der Waals surface area contributed by atoms with Gasteiger partial charge in [0.2, 0.25) is 11.1 Å². The molecule has 2 N–H and O–H groups in total. The van der Waals surface area contributed by atoms with Crippen LogP contribution < -0.4 is 5.56 Å². The van der Waals surface area contributed by atoms with E-state index in [9.17, 15) is 14.7 Å². The highest BCUT2D eigenvalue weighted by Gasteiger charge is 2.81. The Bertz CT molecular complexity index is 1370. The van der Waals surface area contributed by atoms with Crippen LogP contribution in [0, 0.1) is 5.92 Å². The molecule has 34 heavy (non-hydrogen) atoms. The van der Waals surface area contributed by atoms with Crippen molar-refractivity contribution in [1.29, 1.82) is 0 Å². The normalized spacial score (nSPS) is 31.3. The van der Waals surface area contributed by atoms with E-state index in [2.05, 4.69) is 19.9 Å². The van der Waals surface area contributed by atoms with Gasteiger partial charge in [0.1, 0.15) is 6.10 Å². The molecule has 0 radical (unpaired) electrons. The molecule has 0 spiro atoms. The topological polar surface area (TPSA) is 135 Å². The van der Waals surface area contributed by atoms with Gasteiger partial charge in [0.05, 0.1) is 24.2 Å². The Morgan fingerprint density at radius 2 is 2.18 bits per heavy atom. The second-order valence-electron chi connectivity index (χ2n) is 9.02. The number of aliphatic imine (C=N–C) groups is 1. The maximum absolute atomic E-state index is 12.6. The number of benzene rings is 1. The highest BCUT2D eigenvalue weighted by Crippen LogP contribution is 2.69. The van der Waals surface area contributed by atoms with E-state index < -0.39 is 29.3 Å². The summed E-state index contributed by atoms with van der Waals surface area (Å²) in [4.78, 5) is 42.3.